The van der Waals surface area contributed by atoms with Gasteiger partial charge in [0, 0.05) is 21.6 Å². The van der Waals surface area contributed by atoms with Gasteiger partial charge in [0.1, 0.15) is 5.75 Å². The number of anilines is 1. The average molecular weight is 299 g/mol. The maximum Gasteiger partial charge on any atom is 0.121 e. The van der Waals surface area contributed by atoms with Crippen LogP contribution in [0.5, 0.6) is 5.75 Å². The molecule has 0 amide bonds. The minimum atomic E-state index is 0.774. The van der Waals surface area contributed by atoms with Crippen LogP contribution in [0.4, 0.5) is 5.69 Å². The van der Waals surface area contributed by atoms with Crippen LogP contribution in [0.3, 0.4) is 0 Å². The molecule has 0 bridgehead atoms. The number of nitrogens with one attached hydrogen (secondary N) is 1. The lowest BCUT2D eigenvalue weighted by molar-refractivity contribution is 0.415. The Hall–Kier alpha value is -1.07. The average Bonchev–Trinajstić information content (AvgIpc) is 2.81. The Morgan fingerprint density at radius 3 is 3.06 bits per heavy atom. The molecule has 84 valence electrons. The Bertz CT molecular complexity index is 459. The Balaban J connectivity index is 2.08. The van der Waals surface area contributed by atoms with E-state index < -0.39 is 0 Å². The summed E-state index contributed by atoms with van der Waals surface area (Å²) in [4.78, 5) is 5.24. The van der Waals surface area contributed by atoms with Gasteiger partial charge in [-0.05, 0) is 28.1 Å². The summed E-state index contributed by atoms with van der Waals surface area (Å²) in [6.45, 7) is 0.774. The quantitative estimate of drug-likeness (QED) is 0.938. The van der Waals surface area contributed by atoms with E-state index in [0.29, 0.717) is 0 Å². The van der Waals surface area contributed by atoms with E-state index in [-0.39, 0.29) is 0 Å². The fraction of sp³-hybridized carbons (Fsp3) is 0.182. The molecule has 0 radical (unpaired) electrons. The van der Waals surface area contributed by atoms with Crippen LogP contribution in [-0.4, -0.2) is 12.1 Å². The zero-order valence-electron chi connectivity index (χ0n) is 8.74. The van der Waals surface area contributed by atoms with Crippen molar-refractivity contribution in [3.05, 3.63) is 39.3 Å². The summed E-state index contributed by atoms with van der Waals surface area (Å²) < 4.78 is 6.20. The molecular formula is C11H11BrN2OS. The molecule has 1 aromatic carbocycles. The first kappa shape index (κ1) is 11.4. The molecule has 0 aliphatic heterocycles. The number of aromatic nitrogens is 1. The summed E-state index contributed by atoms with van der Waals surface area (Å²) in [7, 11) is 1.66. The monoisotopic (exact) mass is 298 g/mol. The Kier molecular flexibility index (Phi) is 3.79. The first-order valence-electron chi connectivity index (χ1n) is 4.74. The van der Waals surface area contributed by atoms with E-state index in [1.807, 2.05) is 29.9 Å². The molecule has 0 spiro atoms. The van der Waals surface area contributed by atoms with E-state index in [1.165, 1.54) is 4.88 Å². The van der Waals surface area contributed by atoms with Gasteiger partial charge in [-0.25, -0.2) is 0 Å². The third-order valence-corrected chi connectivity index (χ3v) is 3.58. The summed E-state index contributed by atoms with van der Waals surface area (Å²) in [6, 6.07) is 5.85. The highest BCUT2D eigenvalue weighted by atomic mass is 79.9. The molecule has 0 saturated carbocycles. The summed E-state index contributed by atoms with van der Waals surface area (Å²) in [5, 5.41) is 3.33. The van der Waals surface area contributed by atoms with E-state index in [4.69, 9.17) is 4.74 Å². The Morgan fingerprint density at radius 2 is 2.38 bits per heavy atom. The lowest BCUT2D eigenvalue weighted by atomic mass is 10.3. The number of hydrogen-bond donors (Lipinski definition) is 1. The number of halogens is 1. The first-order chi connectivity index (χ1) is 7.79. The third-order valence-electron chi connectivity index (χ3n) is 2.11. The van der Waals surface area contributed by atoms with Gasteiger partial charge in [-0.2, -0.15) is 0 Å². The zero-order valence-corrected chi connectivity index (χ0v) is 11.1. The van der Waals surface area contributed by atoms with Crippen LogP contribution in [0.1, 0.15) is 4.88 Å². The molecule has 2 aromatic rings. The number of ether oxygens (including phenoxy) is 1. The largest absolute Gasteiger partial charge is 0.497 e. The van der Waals surface area contributed by atoms with Crippen molar-refractivity contribution in [3.63, 3.8) is 0 Å². The van der Waals surface area contributed by atoms with Gasteiger partial charge in [0.15, 0.2) is 0 Å². The molecule has 0 atom stereocenters. The van der Waals surface area contributed by atoms with E-state index in [2.05, 4.69) is 26.2 Å². The van der Waals surface area contributed by atoms with E-state index >= 15 is 0 Å². The van der Waals surface area contributed by atoms with Crippen molar-refractivity contribution in [2.45, 2.75) is 6.54 Å². The molecule has 5 heteroatoms. The Morgan fingerprint density at radius 1 is 1.50 bits per heavy atom. The highest BCUT2D eigenvalue weighted by molar-refractivity contribution is 9.10. The van der Waals surface area contributed by atoms with Gasteiger partial charge in [-0.1, -0.05) is 0 Å². The van der Waals surface area contributed by atoms with Crippen molar-refractivity contribution in [2.75, 3.05) is 12.4 Å². The molecule has 3 nitrogen and oxygen atoms in total. The predicted octanol–water partition coefficient (Wildman–Crippen LogP) is 3.53. The van der Waals surface area contributed by atoms with Crippen LogP contribution < -0.4 is 10.1 Å². The van der Waals surface area contributed by atoms with Gasteiger partial charge < -0.3 is 10.1 Å². The summed E-state index contributed by atoms with van der Waals surface area (Å²) >= 11 is 5.13. The van der Waals surface area contributed by atoms with E-state index in [0.717, 1.165) is 22.5 Å². The zero-order chi connectivity index (χ0) is 11.4. The smallest absolute Gasteiger partial charge is 0.121 e. The van der Waals surface area contributed by atoms with Crippen LogP contribution >= 0.6 is 27.3 Å². The molecular weight excluding hydrogens is 288 g/mol. The number of thiazole rings is 1. The molecule has 0 aliphatic rings. The maximum absolute atomic E-state index is 5.18. The standard InChI is InChI=1S/C11H11BrN2OS/c1-15-8-2-3-10(12)11(4-8)14-6-9-5-13-7-16-9/h2-5,7,14H,6H2,1H3. The minimum absolute atomic E-state index is 0.774. The van der Waals surface area contributed by atoms with Gasteiger partial charge in [0.05, 0.1) is 24.9 Å². The number of hydrogen-bond acceptors (Lipinski definition) is 4. The molecule has 0 aliphatic carbocycles. The van der Waals surface area contributed by atoms with Crippen LogP contribution in [0.2, 0.25) is 0 Å². The highest BCUT2D eigenvalue weighted by Gasteiger charge is 2.02. The number of rotatable bonds is 4. The molecule has 0 saturated heterocycles. The molecule has 1 N–H and O–H groups in total. The molecule has 0 fully saturated rings. The summed E-state index contributed by atoms with van der Waals surface area (Å²) in [5.41, 5.74) is 2.85. The molecule has 0 unspecified atom stereocenters. The fourth-order valence-corrected chi connectivity index (χ4v) is 2.20. The maximum atomic E-state index is 5.18. The summed E-state index contributed by atoms with van der Waals surface area (Å²) in [6.07, 6.45) is 1.87. The van der Waals surface area contributed by atoms with Gasteiger partial charge in [0.2, 0.25) is 0 Å². The van der Waals surface area contributed by atoms with Crippen molar-refractivity contribution in [3.8, 4) is 5.75 Å². The number of nitrogens with zero attached hydrogens (tertiary/aromatic N) is 1. The second-order valence-electron chi connectivity index (χ2n) is 3.17. The SMILES string of the molecule is COc1ccc(Br)c(NCc2cncs2)c1. The first-order valence-corrected chi connectivity index (χ1v) is 6.41. The van der Waals surface area contributed by atoms with Crippen LogP contribution in [0, 0.1) is 0 Å². The summed E-state index contributed by atoms with van der Waals surface area (Å²) in [5.74, 6) is 0.843. The molecule has 2 rings (SSSR count). The van der Waals surface area contributed by atoms with E-state index in [9.17, 15) is 0 Å². The Labute approximate surface area is 107 Å². The van der Waals surface area contributed by atoms with Gasteiger partial charge in [0.25, 0.3) is 0 Å². The normalized spacial score (nSPS) is 10.1. The third kappa shape index (κ3) is 2.74. The van der Waals surface area contributed by atoms with Crippen molar-refractivity contribution >= 4 is 33.0 Å². The lowest BCUT2D eigenvalue weighted by Crippen LogP contribution is -1.98. The van der Waals surface area contributed by atoms with Crippen molar-refractivity contribution in [2.24, 2.45) is 0 Å². The second kappa shape index (κ2) is 5.32. The topological polar surface area (TPSA) is 34.1 Å². The van der Waals surface area contributed by atoms with Crippen molar-refractivity contribution in [1.29, 1.82) is 0 Å². The highest BCUT2D eigenvalue weighted by Crippen LogP contribution is 2.27. The van der Waals surface area contributed by atoms with Crippen LogP contribution in [0.15, 0.2) is 34.4 Å². The predicted molar refractivity (Wildman–Crippen MR) is 70.1 cm³/mol. The molecule has 16 heavy (non-hydrogen) atoms. The van der Waals surface area contributed by atoms with Crippen molar-refractivity contribution in [1.82, 2.24) is 4.98 Å². The van der Waals surface area contributed by atoms with Crippen molar-refractivity contribution < 1.29 is 4.74 Å². The number of methoxy groups -OCH3 is 1. The second-order valence-corrected chi connectivity index (χ2v) is 4.99. The van der Waals surface area contributed by atoms with Crippen LogP contribution in [-0.2, 0) is 6.54 Å². The van der Waals surface area contributed by atoms with Crippen LogP contribution in [0.25, 0.3) is 0 Å². The van der Waals surface area contributed by atoms with Gasteiger partial charge in [-0.15, -0.1) is 11.3 Å². The van der Waals surface area contributed by atoms with E-state index in [1.54, 1.807) is 18.4 Å². The molecule has 1 aromatic heterocycles. The minimum Gasteiger partial charge on any atom is -0.497 e. The lowest BCUT2D eigenvalue weighted by Gasteiger charge is -2.09. The van der Waals surface area contributed by atoms with Gasteiger partial charge in [-0.3, -0.25) is 4.98 Å². The molecule has 1 heterocycles. The van der Waals surface area contributed by atoms with Gasteiger partial charge >= 0.3 is 0 Å². The fourth-order valence-electron chi connectivity index (χ4n) is 1.28. The number of benzene rings is 1.